The van der Waals surface area contributed by atoms with E-state index in [1.807, 2.05) is 12.1 Å². The lowest BCUT2D eigenvalue weighted by molar-refractivity contribution is -0.385. The molecule has 3 aromatic rings. The van der Waals surface area contributed by atoms with Crippen LogP contribution in [0.1, 0.15) is 35.4 Å². The maximum Gasteiger partial charge on any atom is 0.273 e. The molecule has 2 heterocycles. The van der Waals surface area contributed by atoms with Crippen molar-refractivity contribution in [3.63, 3.8) is 0 Å². The van der Waals surface area contributed by atoms with Crippen molar-refractivity contribution < 1.29 is 4.92 Å². The molecular formula is C27H29N3O2. The average molecular weight is 428 g/mol. The van der Waals surface area contributed by atoms with Crippen LogP contribution < -0.4 is 0 Å². The highest BCUT2D eigenvalue weighted by molar-refractivity contribution is 5.40. The molecule has 0 aliphatic carbocycles. The molecule has 0 bridgehead atoms. The Kier molecular flexibility index (Phi) is 6.02. The Morgan fingerprint density at radius 1 is 0.875 bits per heavy atom. The van der Waals surface area contributed by atoms with Gasteiger partial charge in [-0.05, 0) is 30.5 Å². The van der Waals surface area contributed by atoms with Crippen molar-refractivity contribution >= 4 is 5.69 Å². The lowest BCUT2D eigenvalue weighted by Crippen LogP contribution is -2.57. The largest absolute Gasteiger partial charge is 0.296 e. The van der Waals surface area contributed by atoms with Crippen LogP contribution in [0.15, 0.2) is 84.9 Å². The Morgan fingerprint density at radius 2 is 1.50 bits per heavy atom. The number of hydrogen-bond acceptors (Lipinski definition) is 4. The lowest BCUT2D eigenvalue weighted by atomic mass is 9.82. The summed E-state index contributed by atoms with van der Waals surface area (Å²) < 4.78 is 0. The minimum absolute atomic E-state index is 0.223. The number of nitro groups is 1. The maximum absolute atomic E-state index is 11.6. The van der Waals surface area contributed by atoms with Gasteiger partial charge in [0.25, 0.3) is 5.69 Å². The topological polar surface area (TPSA) is 49.6 Å². The second kappa shape index (κ2) is 9.23. The smallest absolute Gasteiger partial charge is 0.273 e. The second-order valence-electron chi connectivity index (χ2n) is 8.98. The van der Waals surface area contributed by atoms with Crippen molar-refractivity contribution in [2.75, 3.05) is 19.6 Å². The number of rotatable bonds is 6. The molecule has 2 atom stereocenters. The lowest BCUT2D eigenvalue weighted by Gasteiger charge is -2.47. The van der Waals surface area contributed by atoms with Crippen LogP contribution in [0.25, 0.3) is 0 Å². The number of nitro benzene ring substituents is 1. The highest BCUT2D eigenvalue weighted by atomic mass is 16.6. The Balaban J connectivity index is 1.49. The van der Waals surface area contributed by atoms with Gasteiger partial charge in [0, 0.05) is 49.3 Å². The van der Waals surface area contributed by atoms with E-state index in [0.29, 0.717) is 18.6 Å². The number of hydrogen-bond donors (Lipinski definition) is 0. The van der Waals surface area contributed by atoms with Gasteiger partial charge in [-0.25, -0.2) is 0 Å². The van der Waals surface area contributed by atoms with Crippen molar-refractivity contribution in [1.82, 2.24) is 9.80 Å². The van der Waals surface area contributed by atoms with Gasteiger partial charge >= 0.3 is 0 Å². The zero-order chi connectivity index (χ0) is 21.9. The summed E-state index contributed by atoms with van der Waals surface area (Å²) in [4.78, 5) is 16.5. The van der Waals surface area contributed by atoms with Crippen LogP contribution in [-0.4, -0.2) is 46.4 Å². The summed E-state index contributed by atoms with van der Waals surface area (Å²) in [5.74, 6) is 0.270. The van der Waals surface area contributed by atoms with Crippen LogP contribution in [0.5, 0.6) is 0 Å². The minimum atomic E-state index is -0.255. The summed E-state index contributed by atoms with van der Waals surface area (Å²) >= 11 is 0. The molecule has 0 amide bonds. The number of nitrogens with zero attached hydrogens (tertiary/aromatic N) is 3. The molecule has 2 aliphatic rings. The van der Waals surface area contributed by atoms with Crippen LogP contribution in [-0.2, 0) is 6.54 Å². The molecule has 0 saturated carbocycles. The summed E-state index contributed by atoms with van der Waals surface area (Å²) in [6, 6.07) is 29.6. The fraction of sp³-hybridized carbons (Fsp3) is 0.333. The summed E-state index contributed by atoms with van der Waals surface area (Å²) in [7, 11) is 0. The quantitative estimate of drug-likeness (QED) is 0.407. The number of benzene rings is 3. The van der Waals surface area contributed by atoms with Crippen LogP contribution in [0.3, 0.4) is 0 Å². The van der Waals surface area contributed by atoms with E-state index >= 15 is 0 Å². The molecule has 0 aromatic heterocycles. The Bertz CT molecular complexity index is 1020. The second-order valence-corrected chi connectivity index (χ2v) is 8.98. The molecule has 0 spiro atoms. The normalized spacial score (nSPS) is 21.5. The molecule has 5 heteroatoms. The van der Waals surface area contributed by atoms with Crippen molar-refractivity contribution in [2.45, 2.75) is 37.4 Å². The number of fused-ring (bicyclic) bond motifs is 1. The van der Waals surface area contributed by atoms with E-state index < -0.39 is 0 Å². The van der Waals surface area contributed by atoms with Gasteiger partial charge in [0.15, 0.2) is 0 Å². The number of para-hydroxylation sites is 1. The van der Waals surface area contributed by atoms with Gasteiger partial charge in [-0.2, -0.15) is 0 Å². The van der Waals surface area contributed by atoms with Gasteiger partial charge in [-0.1, -0.05) is 78.9 Å². The third-order valence-corrected chi connectivity index (χ3v) is 7.05. The van der Waals surface area contributed by atoms with E-state index in [2.05, 4.69) is 70.5 Å². The van der Waals surface area contributed by atoms with Gasteiger partial charge in [0.2, 0.25) is 0 Å². The van der Waals surface area contributed by atoms with Crippen molar-refractivity contribution in [3.05, 3.63) is 112 Å². The molecule has 32 heavy (non-hydrogen) atoms. The molecule has 5 rings (SSSR count). The van der Waals surface area contributed by atoms with E-state index in [1.54, 1.807) is 12.1 Å². The Hall–Kier alpha value is -3.02. The van der Waals surface area contributed by atoms with Crippen LogP contribution in [0.4, 0.5) is 5.69 Å². The molecule has 164 valence electrons. The first kappa shape index (κ1) is 20.9. The average Bonchev–Trinajstić information content (AvgIpc) is 3.30. The van der Waals surface area contributed by atoms with Crippen LogP contribution >= 0.6 is 0 Å². The molecule has 0 radical (unpaired) electrons. The molecule has 0 unspecified atom stereocenters. The van der Waals surface area contributed by atoms with Crippen molar-refractivity contribution in [2.24, 2.45) is 0 Å². The van der Waals surface area contributed by atoms with E-state index in [9.17, 15) is 10.1 Å². The zero-order valence-electron chi connectivity index (χ0n) is 18.2. The maximum atomic E-state index is 11.6. The van der Waals surface area contributed by atoms with Crippen LogP contribution in [0.2, 0.25) is 0 Å². The first-order chi connectivity index (χ1) is 15.7. The van der Waals surface area contributed by atoms with Gasteiger partial charge in [-0.15, -0.1) is 0 Å². The first-order valence-corrected chi connectivity index (χ1v) is 11.5. The highest BCUT2D eigenvalue weighted by Gasteiger charge is 2.42. The molecule has 5 nitrogen and oxygen atoms in total. The van der Waals surface area contributed by atoms with Gasteiger partial charge < -0.3 is 0 Å². The summed E-state index contributed by atoms with van der Waals surface area (Å²) in [5, 5.41) is 11.6. The third-order valence-electron chi connectivity index (χ3n) is 7.05. The number of piperazine rings is 1. The zero-order valence-corrected chi connectivity index (χ0v) is 18.2. The molecule has 2 aliphatic heterocycles. The molecule has 0 N–H and O–H groups in total. The highest BCUT2D eigenvalue weighted by Crippen LogP contribution is 2.38. The van der Waals surface area contributed by atoms with Crippen molar-refractivity contribution in [3.8, 4) is 0 Å². The molecule has 2 saturated heterocycles. The SMILES string of the molecule is O=[N+]([O-])c1ccccc1CN1C[C@@H]2CCCN2[C@H](C(c2ccccc2)c2ccccc2)C1. The standard InChI is InChI=1S/C27H29N3O2/c31-30(32)25-16-8-7-14-23(25)18-28-19-24-15-9-17-29(24)26(20-28)27(21-10-3-1-4-11-21)22-12-5-2-6-13-22/h1-8,10-14,16,24,26-27H,9,15,17-20H2/t24-,26-/m0/s1. The fourth-order valence-electron chi connectivity index (χ4n) is 5.68. The predicted molar refractivity (Wildman–Crippen MR) is 127 cm³/mol. The van der Waals surface area contributed by atoms with E-state index in [-0.39, 0.29) is 16.5 Å². The molecule has 3 aromatic carbocycles. The third kappa shape index (κ3) is 4.18. The summed E-state index contributed by atoms with van der Waals surface area (Å²) in [5.41, 5.74) is 3.70. The van der Waals surface area contributed by atoms with Gasteiger partial charge in [-0.3, -0.25) is 19.9 Å². The Morgan fingerprint density at radius 3 is 2.16 bits per heavy atom. The first-order valence-electron chi connectivity index (χ1n) is 11.5. The Labute approximate surface area is 189 Å². The predicted octanol–water partition coefficient (Wildman–Crippen LogP) is 5.08. The monoisotopic (exact) mass is 427 g/mol. The van der Waals surface area contributed by atoms with E-state index in [1.165, 1.54) is 24.0 Å². The van der Waals surface area contributed by atoms with Gasteiger partial charge in [0.05, 0.1) is 4.92 Å². The van der Waals surface area contributed by atoms with Crippen molar-refractivity contribution in [1.29, 1.82) is 0 Å². The van der Waals surface area contributed by atoms with Crippen LogP contribution in [0, 0.1) is 10.1 Å². The van der Waals surface area contributed by atoms with Gasteiger partial charge in [0.1, 0.15) is 0 Å². The summed E-state index contributed by atoms with van der Waals surface area (Å²) in [6.07, 6.45) is 2.41. The minimum Gasteiger partial charge on any atom is -0.296 e. The molecular weight excluding hydrogens is 398 g/mol. The summed E-state index contributed by atoms with van der Waals surface area (Å²) in [6.45, 7) is 3.62. The fourth-order valence-corrected chi connectivity index (χ4v) is 5.68. The molecule has 2 fully saturated rings. The van der Waals surface area contributed by atoms with E-state index in [4.69, 9.17) is 0 Å². The van der Waals surface area contributed by atoms with E-state index in [0.717, 1.165) is 25.2 Å².